The number of nitrogens with two attached hydrogens (primary N) is 1. The van der Waals surface area contributed by atoms with Crippen LogP contribution in [-0.2, 0) is 0 Å². The fourth-order valence-corrected chi connectivity index (χ4v) is 2.62. The zero-order valence-corrected chi connectivity index (χ0v) is 9.41. The van der Waals surface area contributed by atoms with E-state index >= 15 is 0 Å². The van der Waals surface area contributed by atoms with Gasteiger partial charge in [0.2, 0.25) is 0 Å². The molecule has 0 aromatic heterocycles. The first-order valence-corrected chi connectivity index (χ1v) is 6.16. The largest absolute Gasteiger partial charge is 0.393 e. The van der Waals surface area contributed by atoms with Crippen molar-refractivity contribution in [3.8, 4) is 0 Å². The van der Waals surface area contributed by atoms with E-state index in [1.165, 1.54) is 25.7 Å². The molecule has 2 nitrogen and oxygen atoms in total. The fraction of sp³-hybridized carbons (Fsp3) is 1.00. The highest BCUT2D eigenvalue weighted by Gasteiger charge is 2.23. The maximum Gasteiger partial charge on any atom is 0.0583 e. The predicted octanol–water partition coefficient (Wildman–Crippen LogP) is 2.30. The lowest BCUT2D eigenvalue weighted by molar-refractivity contribution is 0.0811. The van der Waals surface area contributed by atoms with Crippen LogP contribution in [-0.4, -0.2) is 17.8 Å². The molecular formula is C12H25NO. The monoisotopic (exact) mass is 199 g/mol. The molecule has 0 bridgehead atoms. The van der Waals surface area contributed by atoms with Crippen molar-refractivity contribution in [2.45, 2.75) is 58.0 Å². The Morgan fingerprint density at radius 1 is 1.36 bits per heavy atom. The maximum atomic E-state index is 10.0. The average Bonchev–Trinajstić information content (AvgIpc) is 2.66. The van der Waals surface area contributed by atoms with E-state index < -0.39 is 0 Å². The van der Waals surface area contributed by atoms with Gasteiger partial charge in [-0.3, -0.25) is 0 Å². The maximum absolute atomic E-state index is 10.0. The number of aliphatic hydroxyl groups is 1. The van der Waals surface area contributed by atoms with Crippen molar-refractivity contribution < 1.29 is 5.11 Å². The molecule has 14 heavy (non-hydrogen) atoms. The lowest BCUT2D eigenvalue weighted by atomic mass is 9.89. The number of hydrogen-bond acceptors (Lipinski definition) is 2. The van der Waals surface area contributed by atoms with Crippen LogP contribution in [0.1, 0.15) is 51.9 Å². The van der Waals surface area contributed by atoms with Crippen molar-refractivity contribution >= 4 is 0 Å². The van der Waals surface area contributed by atoms with E-state index in [0.29, 0.717) is 12.5 Å². The molecule has 0 aliphatic heterocycles. The van der Waals surface area contributed by atoms with Crippen LogP contribution in [0.15, 0.2) is 0 Å². The second kappa shape index (κ2) is 6.41. The van der Waals surface area contributed by atoms with Crippen molar-refractivity contribution in [2.75, 3.05) is 6.54 Å². The number of rotatable bonds is 6. The van der Waals surface area contributed by atoms with E-state index in [0.717, 1.165) is 25.2 Å². The Bertz CT molecular complexity index is 143. The van der Waals surface area contributed by atoms with Crippen LogP contribution in [0.25, 0.3) is 0 Å². The molecule has 0 saturated heterocycles. The van der Waals surface area contributed by atoms with Gasteiger partial charge < -0.3 is 10.8 Å². The van der Waals surface area contributed by atoms with Gasteiger partial charge in [0.15, 0.2) is 0 Å². The van der Waals surface area contributed by atoms with Crippen LogP contribution >= 0.6 is 0 Å². The zero-order chi connectivity index (χ0) is 10.4. The van der Waals surface area contributed by atoms with Crippen molar-refractivity contribution in [3.63, 3.8) is 0 Å². The predicted molar refractivity (Wildman–Crippen MR) is 60.0 cm³/mol. The highest BCUT2D eigenvalue weighted by molar-refractivity contribution is 4.76. The Morgan fingerprint density at radius 2 is 2.00 bits per heavy atom. The first kappa shape index (κ1) is 12.0. The second-order valence-electron chi connectivity index (χ2n) is 4.74. The smallest absolute Gasteiger partial charge is 0.0583 e. The van der Waals surface area contributed by atoms with Gasteiger partial charge in [-0.25, -0.2) is 0 Å². The minimum atomic E-state index is -0.150. The van der Waals surface area contributed by atoms with Crippen LogP contribution in [0.2, 0.25) is 0 Å². The second-order valence-corrected chi connectivity index (χ2v) is 4.74. The lowest BCUT2D eigenvalue weighted by Gasteiger charge is -2.23. The van der Waals surface area contributed by atoms with E-state index in [-0.39, 0.29) is 6.10 Å². The molecule has 1 saturated carbocycles. The summed E-state index contributed by atoms with van der Waals surface area (Å²) in [6, 6.07) is 0. The molecule has 0 amide bonds. The molecule has 84 valence electrons. The van der Waals surface area contributed by atoms with Crippen molar-refractivity contribution in [2.24, 2.45) is 17.6 Å². The van der Waals surface area contributed by atoms with Gasteiger partial charge in [-0.05, 0) is 31.2 Å². The van der Waals surface area contributed by atoms with Crippen LogP contribution < -0.4 is 5.73 Å². The molecule has 1 aliphatic carbocycles. The van der Waals surface area contributed by atoms with Crippen molar-refractivity contribution in [3.05, 3.63) is 0 Å². The summed E-state index contributed by atoms with van der Waals surface area (Å²) in [5, 5.41) is 10.0. The Balaban J connectivity index is 2.26. The van der Waals surface area contributed by atoms with Crippen molar-refractivity contribution in [1.82, 2.24) is 0 Å². The molecule has 1 rings (SSSR count). The number of aliphatic hydroxyl groups excluding tert-OH is 1. The van der Waals surface area contributed by atoms with E-state index in [9.17, 15) is 5.11 Å². The molecule has 0 radical (unpaired) electrons. The van der Waals surface area contributed by atoms with E-state index in [1.54, 1.807) is 0 Å². The quantitative estimate of drug-likeness (QED) is 0.689. The summed E-state index contributed by atoms with van der Waals surface area (Å²) in [5.41, 5.74) is 5.67. The molecule has 2 atom stereocenters. The van der Waals surface area contributed by atoms with Gasteiger partial charge >= 0.3 is 0 Å². The van der Waals surface area contributed by atoms with Gasteiger partial charge in [0.25, 0.3) is 0 Å². The standard InChI is InChI=1S/C12H25NO/c1-2-5-11(9-13)12(14)8-10-6-3-4-7-10/h10-12,14H,2-9,13H2,1H3. The molecule has 0 heterocycles. The lowest BCUT2D eigenvalue weighted by Crippen LogP contribution is -2.29. The summed E-state index contributed by atoms with van der Waals surface area (Å²) < 4.78 is 0. The first-order valence-electron chi connectivity index (χ1n) is 6.16. The summed E-state index contributed by atoms with van der Waals surface area (Å²) in [4.78, 5) is 0. The highest BCUT2D eigenvalue weighted by atomic mass is 16.3. The minimum absolute atomic E-state index is 0.150. The molecule has 2 unspecified atom stereocenters. The third kappa shape index (κ3) is 3.58. The summed E-state index contributed by atoms with van der Waals surface area (Å²) in [6.07, 6.45) is 8.40. The van der Waals surface area contributed by atoms with Gasteiger partial charge in [-0.2, -0.15) is 0 Å². The summed E-state index contributed by atoms with van der Waals surface area (Å²) >= 11 is 0. The first-order chi connectivity index (χ1) is 6.77. The van der Waals surface area contributed by atoms with Gasteiger partial charge in [-0.1, -0.05) is 39.0 Å². The van der Waals surface area contributed by atoms with Crippen LogP contribution in [0.5, 0.6) is 0 Å². The average molecular weight is 199 g/mol. The molecule has 0 spiro atoms. The van der Waals surface area contributed by atoms with Gasteiger partial charge in [0.05, 0.1) is 6.10 Å². The summed E-state index contributed by atoms with van der Waals surface area (Å²) in [5.74, 6) is 1.11. The zero-order valence-electron chi connectivity index (χ0n) is 9.41. The molecule has 1 aliphatic rings. The van der Waals surface area contributed by atoms with Gasteiger partial charge in [-0.15, -0.1) is 0 Å². The Labute approximate surface area is 87.9 Å². The van der Waals surface area contributed by atoms with Crippen LogP contribution in [0, 0.1) is 11.8 Å². The fourth-order valence-electron chi connectivity index (χ4n) is 2.62. The third-order valence-electron chi connectivity index (χ3n) is 3.56. The summed E-state index contributed by atoms with van der Waals surface area (Å²) in [7, 11) is 0. The highest BCUT2D eigenvalue weighted by Crippen LogP contribution is 2.30. The molecular weight excluding hydrogens is 174 g/mol. The third-order valence-corrected chi connectivity index (χ3v) is 3.56. The number of hydrogen-bond donors (Lipinski definition) is 2. The van der Waals surface area contributed by atoms with E-state index in [1.807, 2.05) is 0 Å². The Morgan fingerprint density at radius 3 is 2.50 bits per heavy atom. The SMILES string of the molecule is CCCC(CN)C(O)CC1CCCC1. The Kier molecular flexibility index (Phi) is 5.49. The molecule has 2 heteroatoms. The van der Waals surface area contributed by atoms with Crippen LogP contribution in [0.3, 0.4) is 0 Å². The van der Waals surface area contributed by atoms with E-state index in [4.69, 9.17) is 5.73 Å². The summed E-state index contributed by atoms with van der Waals surface area (Å²) in [6.45, 7) is 2.80. The normalized spacial score (nSPS) is 22.5. The van der Waals surface area contributed by atoms with E-state index in [2.05, 4.69) is 6.92 Å². The van der Waals surface area contributed by atoms with Crippen molar-refractivity contribution in [1.29, 1.82) is 0 Å². The molecule has 3 N–H and O–H groups in total. The van der Waals surface area contributed by atoms with Gasteiger partial charge in [0.1, 0.15) is 0 Å². The Hall–Kier alpha value is -0.0800. The topological polar surface area (TPSA) is 46.2 Å². The van der Waals surface area contributed by atoms with Crippen LogP contribution in [0.4, 0.5) is 0 Å². The van der Waals surface area contributed by atoms with Gasteiger partial charge in [0, 0.05) is 0 Å². The molecule has 0 aromatic rings. The molecule has 0 aromatic carbocycles. The minimum Gasteiger partial charge on any atom is -0.393 e. The molecule has 1 fully saturated rings.